The van der Waals surface area contributed by atoms with Gasteiger partial charge in [-0.25, -0.2) is 0 Å². The molecule has 2 aliphatic rings. The van der Waals surface area contributed by atoms with E-state index in [-0.39, 0.29) is 11.8 Å². The number of rotatable bonds is 3. The SMILES string of the molecule is C[C@H]1CCc2ccccc2N1CCN1C(=O)c2ccccc2C1=O. The molecule has 4 nitrogen and oxygen atoms in total. The van der Waals surface area contributed by atoms with E-state index in [1.165, 1.54) is 16.2 Å². The summed E-state index contributed by atoms with van der Waals surface area (Å²) in [5, 5.41) is 0. The zero-order chi connectivity index (χ0) is 16.7. The number of benzene rings is 2. The minimum atomic E-state index is -0.173. The highest BCUT2D eigenvalue weighted by Gasteiger charge is 2.35. The lowest BCUT2D eigenvalue weighted by Gasteiger charge is -2.37. The molecule has 0 unspecified atom stereocenters. The topological polar surface area (TPSA) is 40.6 Å². The molecular formula is C20H20N2O2. The van der Waals surface area contributed by atoms with Gasteiger partial charge in [0.1, 0.15) is 0 Å². The van der Waals surface area contributed by atoms with Gasteiger partial charge in [-0.1, -0.05) is 30.3 Å². The summed E-state index contributed by atoms with van der Waals surface area (Å²) in [5.74, 6) is -0.345. The van der Waals surface area contributed by atoms with Gasteiger partial charge in [-0.3, -0.25) is 14.5 Å². The third kappa shape index (κ3) is 2.30. The molecule has 122 valence electrons. The van der Waals surface area contributed by atoms with Gasteiger partial charge >= 0.3 is 0 Å². The maximum absolute atomic E-state index is 12.5. The van der Waals surface area contributed by atoms with Crippen LogP contribution in [0.3, 0.4) is 0 Å². The zero-order valence-electron chi connectivity index (χ0n) is 13.7. The molecule has 0 spiro atoms. The van der Waals surface area contributed by atoms with Crippen LogP contribution in [0.5, 0.6) is 0 Å². The molecule has 2 aromatic rings. The Bertz CT molecular complexity index is 780. The smallest absolute Gasteiger partial charge is 0.261 e. The van der Waals surface area contributed by atoms with E-state index >= 15 is 0 Å². The fourth-order valence-electron chi connectivity index (χ4n) is 3.75. The lowest BCUT2D eigenvalue weighted by atomic mass is 9.97. The molecule has 2 amide bonds. The molecule has 0 saturated heterocycles. The first-order valence-corrected chi connectivity index (χ1v) is 8.46. The van der Waals surface area contributed by atoms with Crippen molar-refractivity contribution in [2.75, 3.05) is 18.0 Å². The molecule has 0 fully saturated rings. The summed E-state index contributed by atoms with van der Waals surface area (Å²) < 4.78 is 0. The van der Waals surface area contributed by atoms with Gasteiger partial charge in [0, 0.05) is 24.8 Å². The summed E-state index contributed by atoms with van der Waals surface area (Å²) in [7, 11) is 0. The second kappa shape index (κ2) is 5.78. The van der Waals surface area contributed by atoms with Crippen LogP contribution in [0.25, 0.3) is 0 Å². The summed E-state index contributed by atoms with van der Waals surface area (Å²) in [6.07, 6.45) is 2.18. The van der Waals surface area contributed by atoms with Crippen LogP contribution in [0.15, 0.2) is 48.5 Å². The molecule has 2 aromatic carbocycles. The molecule has 24 heavy (non-hydrogen) atoms. The third-order valence-corrected chi connectivity index (χ3v) is 5.11. The molecule has 0 aromatic heterocycles. The van der Waals surface area contributed by atoms with Crippen LogP contribution in [0.1, 0.15) is 39.6 Å². The number of aryl methyl sites for hydroxylation is 1. The van der Waals surface area contributed by atoms with Crippen molar-refractivity contribution >= 4 is 17.5 Å². The molecule has 2 aliphatic heterocycles. The fraction of sp³-hybridized carbons (Fsp3) is 0.300. The van der Waals surface area contributed by atoms with E-state index in [9.17, 15) is 9.59 Å². The van der Waals surface area contributed by atoms with Gasteiger partial charge < -0.3 is 4.90 Å². The van der Waals surface area contributed by atoms with Crippen molar-refractivity contribution in [3.8, 4) is 0 Å². The number of carbonyl (C=O) groups is 2. The Morgan fingerprint density at radius 1 is 0.917 bits per heavy atom. The van der Waals surface area contributed by atoms with E-state index in [1.807, 2.05) is 6.07 Å². The maximum Gasteiger partial charge on any atom is 0.261 e. The van der Waals surface area contributed by atoms with E-state index in [2.05, 4.69) is 30.0 Å². The van der Waals surface area contributed by atoms with Gasteiger partial charge in [0.2, 0.25) is 0 Å². The number of carbonyl (C=O) groups excluding carboxylic acids is 2. The first-order chi connectivity index (χ1) is 11.7. The molecule has 0 aliphatic carbocycles. The van der Waals surface area contributed by atoms with Crippen LogP contribution in [-0.2, 0) is 6.42 Å². The standard InChI is InChI=1S/C20H20N2O2/c1-14-10-11-15-6-2-5-9-18(15)21(14)12-13-22-19(23)16-7-3-4-8-17(16)20(22)24/h2-9,14H,10-13H2,1H3/t14-/m0/s1. The van der Waals surface area contributed by atoms with E-state index in [1.54, 1.807) is 24.3 Å². The highest BCUT2D eigenvalue weighted by atomic mass is 16.2. The number of hydrogen-bond donors (Lipinski definition) is 0. The molecule has 4 heteroatoms. The summed E-state index contributed by atoms with van der Waals surface area (Å²) >= 11 is 0. The van der Waals surface area contributed by atoms with Crippen molar-refractivity contribution in [3.05, 3.63) is 65.2 Å². The number of hydrogen-bond acceptors (Lipinski definition) is 3. The minimum absolute atomic E-state index is 0.173. The molecule has 4 rings (SSSR count). The Labute approximate surface area is 141 Å². The Morgan fingerprint density at radius 3 is 2.25 bits per heavy atom. The second-order valence-electron chi connectivity index (χ2n) is 6.52. The number of imide groups is 1. The molecule has 0 bridgehead atoms. The third-order valence-electron chi connectivity index (χ3n) is 5.11. The normalized spacial score (nSPS) is 19.5. The first-order valence-electron chi connectivity index (χ1n) is 8.46. The van der Waals surface area contributed by atoms with Crippen LogP contribution < -0.4 is 4.90 Å². The van der Waals surface area contributed by atoms with E-state index < -0.39 is 0 Å². The summed E-state index contributed by atoms with van der Waals surface area (Å²) in [6.45, 7) is 3.30. The zero-order valence-corrected chi connectivity index (χ0v) is 13.7. The number of amides is 2. The van der Waals surface area contributed by atoms with Crippen molar-refractivity contribution < 1.29 is 9.59 Å². The van der Waals surface area contributed by atoms with Gasteiger partial charge in [0.05, 0.1) is 11.1 Å². The van der Waals surface area contributed by atoms with Crippen LogP contribution in [0.4, 0.5) is 5.69 Å². The molecule has 2 heterocycles. The monoisotopic (exact) mass is 320 g/mol. The number of para-hydroxylation sites is 1. The molecule has 0 saturated carbocycles. The Kier molecular flexibility index (Phi) is 3.60. The van der Waals surface area contributed by atoms with E-state index in [0.29, 0.717) is 30.3 Å². The second-order valence-corrected chi connectivity index (χ2v) is 6.52. The average molecular weight is 320 g/mol. The van der Waals surface area contributed by atoms with Gasteiger partial charge in [-0.05, 0) is 43.5 Å². The van der Waals surface area contributed by atoms with Gasteiger partial charge in [0.25, 0.3) is 11.8 Å². The van der Waals surface area contributed by atoms with Gasteiger partial charge in [-0.15, -0.1) is 0 Å². The largest absolute Gasteiger partial charge is 0.367 e. The number of fused-ring (bicyclic) bond motifs is 2. The van der Waals surface area contributed by atoms with Crippen LogP contribution >= 0.6 is 0 Å². The maximum atomic E-state index is 12.5. The average Bonchev–Trinajstić information content (AvgIpc) is 2.86. The highest BCUT2D eigenvalue weighted by molar-refractivity contribution is 6.21. The summed E-state index contributed by atoms with van der Waals surface area (Å²) in [4.78, 5) is 28.7. The highest BCUT2D eigenvalue weighted by Crippen LogP contribution is 2.30. The summed E-state index contributed by atoms with van der Waals surface area (Å²) in [6, 6.07) is 15.9. The molecule has 0 N–H and O–H groups in total. The summed E-state index contributed by atoms with van der Waals surface area (Å²) in [5.41, 5.74) is 3.62. The van der Waals surface area contributed by atoms with E-state index in [0.717, 1.165) is 12.8 Å². The lowest BCUT2D eigenvalue weighted by molar-refractivity contribution is 0.0657. The Morgan fingerprint density at radius 2 is 1.54 bits per heavy atom. The van der Waals surface area contributed by atoms with E-state index in [4.69, 9.17) is 0 Å². The molecule has 1 atom stereocenters. The predicted molar refractivity (Wildman–Crippen MR) is 93.4 cm³/mol. The van der Waals surface area contributed by atoms with Gasteiger partial charge in [0.15, 0.2) is 0 Å². The number of anilines is 1. The predicted octanol–water partition coefficient (Wildman–Crippen LogP) is 3.12. The Hall–Kier alpha value is -2.62. The fourth-order valence-corrected chi connectivity index (χ4v) is 3.75. The minimum Gasteiger partial charge on any atom is -0.367 e. The van der Waals surface area contributed by atoms with Crippen LogP contribution in [0.2, 0.25) is 0 Å². The van der Waals surface area contributed by atoms with Crippen molar-refractivity contribution in [1.82, 2.24) is 4.90 Å². The van der Waals surface area contributed by atoms with Crippen molar-refractivity contribution in [2.24, 2.45) is 0 Å². The van der Waals surface area contributed by atoms with Gasteiger partial charge in [-0.2, -0.15) is 0 Å². The first kappa shape index (κ1) is 14.9. The van der Waals surface area contributed by atoms with Crippen molar-refractivity contribution in [1.29, 1.82) is 0 Å². The van der Waals surface area contributed by atoms with Crippen molar-refractivity contribution in [3.63, 3.8) is 0 Å². The quantitative estimate of drug-likeness (QED) is 0.816. The molecule has 0 radical (unpaired) electrons. The lowest BCUT2D eigenvalue weighted by Crippen LogP contribution is -2.44. The Balaban J connectivity index is 1.54. The number of nitrogens with zero attached hydrogens (tertiary/aromatic N) is 2. The molecular weight excluding hydrogens is 300 g/mol. The van der Waals surface area contributed by atoms with Crippen LogP contribution in [-0.4, -0.2) is 35.8 Å². The van der Waals surface area contributed by atoms with Crippen molar-refractivity contribution in [2.45, 2.75) is 25.8 Å². The van der Waals surface area contributed by atoms with Crippen LogP contribution in [0, 0.1) is 0 Å².